The van der Waals surface area contributed by atoms with Gasteiger partial charge in [-0.15, -0.1) is 0 Å². The third-order valence-corrected chi connectivity index (χ3v) is 3.33. The first-order valence-electron chi connectivity index (χ1n) is 6.33. The number of carbonyl (C=O) groups is 2. The van der Waals surface area contributed by atoms with E-state index in [1.54, 1.807) is 0 Å². The second-order valence-corrected chi connectivity index (χ2v) is 4.80. The predicted octanol–water partition coefficient (Wildman–Crippen LogP) is 0.873. The molecule has 0 aliphatic heterocycles. The number of carboxylic acid groups (broad SMARTS) is 1. The van der Waals surface area contributed by atoms with E-state index in [9.17, 15) is 9.59 Å². The van der Waals surface area contributed by atoms with Crippen LogP contribution in [-0.4, -0.2) is 29.1 Å². The molecule has 1 fully saturated rings. The molecule has 0 heterocycles. The van der Waals surface area contributed by atoms with Crippen LogP contribution in [0.4, 0.5) is 0 Å². The molecule has 1 aliphatic carbocycles. The molecule has 5 heteroatoms. The van der Waals surface area contributed by atoms with Crippen molar-refractivity contribution in [2.24, 2.45) is 11.7 Å². The van der Waals surface area contributed by atoms with E-state index in [0.717, 1.165) is 19.3 Å². The Kier molecular flexibility index (Phi) is 5.41. The number of rotatable bonds is 6. The average Bonchev–Trinajstić information content (AvgIpc) is 2.74. The van der Waals surface area contributed by atoms with Gasteiger partial charge in [-0.25, -0.2) is 0 Å². The topological polar surface area (TPSA) is 92.4 Å². The zero-order valence-electron chi connectivity index (χ0n) is 10.3. The SMILES string of the molecule is CCCC[C@H](N)C(=O)NC1CCC(C(=O)O)C1. The molecule has 0 bridgehead atoms. The van der Waals surface area contributed by atoms with Crippen molar-refractivity contribution < 1.29 is 14.7 Å². The largest absolute Gasteiger partial charge is 0.481 e. The summed E-state index contributed by atoms with van der Waals surface area (Å²) >= 11 is 0. The fraction of sp³-hybridized carbons (Fsp3) is 0.833. The number of hydrogen-bond acceptors (Lipinski definition) is 3. The van der Waals surface area contributed by atoms with Crippen LogP contribution in [0.1, 0.15) is 45.4 Å². The minimum atomic E-state index is -0.767. The van der Waals surface area contributed by atoms with Crippen LogP contribution >= 0.6 is 0 Å². The molecule has 98 valence electrons. The molecule has 0 aromatic carbocycles. The number of amides is 1. The van der Waals surface area contributed by atoms with Gasteiger partial charge in [0.05, 0.1) is 12.0 Å². The van der Waals surface area contributed by atoms with Gasteiger partial charge in [0.1, 0.15) is 0 Å². The van der Waals surface area contributed by atoms with Crippen molar-refractivity contribution in [3.8, 4) is 0 Å². The van der Waals surface area contributed by atoms with Gasteiger partial charge in [-0.1, -0.05) is 19.8 Å². The number of carbonyl (C=O) groups excluding carboxylic acids is 1. The minimum absolute atomic E-state index is 0.0173. The molecular weight excluding hydrogens is 220 g/mol. The summed E-state index contributed by atoms with van der Waals surface area (Å²) in [6.07, 6.45) is 4.56. The van der Waals surface area contributed by atoms with E-state index < -0.39 is 12.0 Å². The van der Waals surface area contributed by atoms with Crippen LogP contribution in [0, 0.1) is 5.92 Å². The lowest BCUT2D eigenvalue weighted by Gasteiger charge is -2.16. The Bertz CT molecular complexity index is 281. The van der Waals surface area contributed by atoms with Gasteiger partial charge in [0.15, 0.2) is 0 Å². The Labute approximate surface area is 102 Å². The maximum absolute atomic E-state index is 11.7. The average molecular weight is 242 g/mol. The molecule has 1 saturated carbocycles. The third kappa shape index (κ3) is 4.34. The summed E-state index contributed by atoms with van der Waals surface area (Å²) in [5.41, 5.74) is 5.75. The Morgan fingerprint density at radius 2 is 2.18 bits per heavy atom. The molecule has 0 aromatic rings. The van der Waals surface area contributed by atoms with Gasteiger partial charge in [0, 0.05) is 6.04 Å². The molecule has 17 heavy (non-hydrogen) atoms. The van der Waals surface area contributed by atoms with Crippen molar-refractivity contribution in [1.82, 2.24) is 5.32 Å². The van der Waals surface area contributed by atoms with E-state index >= 15 is 0 Å². The van der Waals surface area contributed by atoms with Crippen molar-refractivity contribution >= 4 is 11.9 Å². The quantitative estimate of drug-likeness (QED) is 0.644. The Morgan fingerprint density at radius 1 is 1.47 bits per heavy atom. The first-order chi connectivity index (χ1) is 8.04. The lowest BCUT2D eigenvalue weighted by molar-refractivity contribution is -0.141. The van der Waals surface area contributed by atoms with E-state index in [4.69, 9.17) is 10.8 Å². The zero-order chi connectivity index (χ0) is 12.8. The van der Waals surface area contributed by atoms with Crippen LogP contribution in [0.2, 0.25) is 0 Å². The summed E-state index contributed by atoms with van der Waals surface area (Å²) in [6, 6.07) is -0.477. The van der Waals surface area contributed by atoms with Crippen LogP contribution in [0.15, 0.2) is 0 Å². The molecule has 2 unspecified atom stereocenters. The number of aliphatic carboxylic acids is 1. The summed E-state index contributed by atoms with van der Waals surface area (Å²) < 4.78 is 0. The number of carboxylic acids is 1. The first-order valence-corrected chi connectivity index (χ1v) is 6.33. The highest BCUT2D eigenvalue weighted by atomic mass is 16.4. The van der Waals surface area contributed by atoms with Gasteiger partial charge in [0.2, 0.25) is 5.91 Å². The molecule has 1 amide bonds. The standard InChI is InChI=1S/C12H22N2O3/c1-2-3-4-10(13)11(15)14-9-6-5-8(7-9)12(16)17/h8-10H,2-7,13H2,1H3,(H,14,15)(H,16,17)/t8?,9?,10-/m0/s1. The van der Waals surface area contributed by atoms with Gasteiger partial charge in [0.25, 0.3) is 0 Å². The highest BCUT2D eigenvalue weighted by molar-refractivity contribution is 5.82. The number of nitrogens with one attached hydrogen (secondary N) is 1. The van der Waals surface area contributed by atoms with E-state index in [1.165, 1.54) is 0 Å². The monoisotopic (exact) mass is 242 g/mol. The van der Waals surface area contributed by atoms with Crippen molar-refractivity contribution in [3.63, 3.8) is 0 Å². The molecule has 5 nitrogen and oxygen atoms in total. The summed E-state index contributed by atoms with van der Waals surface area (Å²) in [4.78, 5) is 22.5. The van der Waals surface area contributed by atoms with Gasteiger partial charge in [-0.3, -0.25) is 9.59 Å². The number of hydrogen-bond donors (Lipinski definition) is 3. The summed E-state index contributed by atoms with van der Waals surface area (Å²) in [6.45, 7) is 2.05. The minimum Gasteiger partial charge on any atom is -0.481 e. The van der Waals surface area contributed by atoms with Crippen molar-refractivity contribution in [2.45, 2.75) is 57.5 Å². The molecule has 3 atom stereocenters. The van der Waals surface area contributed by atoms with E-state index in [-0.39, 0.29) is 17.9 Å². The molecule has 0 spiro atoms. The molecule has 4 N–H and O–H groups in total. The zero-order valence-corrected chi connectivity index (χ0v) is 10.3. The van der Waals surface area contributed by atoms with E-state index in [0.29, 0.717) is 19.3 Å². The predicted molar refractivity (Wildman–Crippen MR) is 64.4 cm³/mol. The third-order valence-electron chi connectivity index (χ3n) is 3.33. The van der Waals surface area contributed by atoms with Gasteiger partial charge >= 0.3 is 5.97 Å². The maximum atomic E-state index is 11.7. The van der Waals surface area contributed by atoms with Crippen molar-refractivity contribution in [2.75, 3.05) is 0 Å². The molecule has 0 radical (unpaired) electrons. The van der Waals surface area contributed by atoms with Crippen molar-refractivity contribution in [3.05, 3.63) is 0 Å². The van der Waals surface area contributed by atoms with Gasteiger partial charge in [-0.2, -0.15) is 0 Å². The summed E-state index contributed by atoms with van der Waals surface area (Å²) in [5, 5.41) is 11.7. The lowest BCUT2D eigenvalue weighted by Crippen LogP contribution is -2.44. The van der Waals surface area contributed by atoms with Crippen LogP contribution in [0.25, 0.3) is 0 Å². The van der Waals surface area contributed by atoms with Crippen LogP contribution in [-0.2, 0) is 9.59 Å². The molecule has 0 aromatic heterocycles. The second kappa shape index (κ2) is 6.59. The summed E-state index contributed by atoms with van der Waals surface area (Å²) in [7, 11) is 0. The number of nitrogens with two attached hydrogens (primary N) is 1. The normalized spacial score (nSPS) is 25.5. The highest BCUT2D eigenvalue weighted by Gasteiger charge is 2.31. The van der Waals surface area contributed by atoms with E-state index in [1.807, 2.05) is 0 Å². The molecule has 1 rings (SSSR count). The van der Waals surface area contributed by atoms with E-state index in [2.05, 4.69) is 12.2 Å². The van der Waals surface area contributed by atoms with Gasteiger partial charge < -0.3 is 16.2 Å². The molecule has 1 aliphatic rings. The lowest BCUT2D eigenvalue weighted by atomic mass is 10.1. The first kappa shape index (κ1) is 14.0. The van der Waals surface area contributed by atoms with Crippen LogP contribution in [0.5, 0.6) is 0 Å². The Hall–Kier alpha value is -1.10. The Balaban J connectivity index is 2.30. The van der Waals surface area contributed by atoms with Crippen molar-refractivity contribution in [1.29, 1.82) is 0 Å². The maximum Gasteiger partial charge on any atom is 0.306 e. The smallest absolute Gasteiger partial charge is 0.306 e. The fourth-order valence-electron chi connectivity index (χ4n) is 2.20. The second-order valence-electron chi connectivity index (χ2n) is 4.80. The molecular formula is C12H22N2O3. The van der Waals surface area contributed by atoms with Crippen LogP contribution in [0.3, 0.4) is 0 Å². The number of unbranched alkanes of at least 4 members (excludes halogenated alkanes) is 1. The molecule has 0 saturated heterocycles. The fourth-order valence-corrected chi connectivity index (χ4v) is 2.20. The summed E-state index contributed by atoms with van der Waals surface area (Å²) in [5.74, 6) is -1.22. The highest BCUT2D eigenvalue weighted by Crippen LogP contribution is 2.25. The van der Waals surface area contributed by atoms with Gasteiger partial charge in [-0.05, 0) is 25.7 Å². The van der Waals surface area contributed by atoms with Crippen LogP contribution < -0.4 is 11.1 Å². The Morgan fingerprint density at radius 3 is 2.71 bits per heavy atom.